The summed E-state index contributed by atoms with van der Waals surface area (Å²) in [6.07, 6.45) is 2.50. The zero-order valence-corrected chi connectivity index (χ0v) is 16.2. The molecule has 1 fully saturated rings. The van der Waals surface area contributed by atoms with Crippen molar-refractivity contribution in [3.8, 4) is 5.75 Å². The van der Waals surface area contributed by atoms with Crippen molar-refractivity contribution in [2.45, 2.75) is 24.2 Å². The lowest BCUT2D eigenvalue weighted by atomic mass is 10.1. The van der Waals surface area contributed by atoms with E-state index in [1.807, 2.05) is 24.3 Å². The smallest absolute Gasteiger partial charge is 0.253 e. The number of methoxy groups -OCH3 is 1. The number of carbonyl (C=O) groups is 1. The number of amides is 1. The van der Waals surface area contributed by atoms with Crippen molar-refractivity contribution < 1.29 is 17.9 Å². The summed E-state index contributed by atoms with van der Waals surface area (Å²) in [6.45, 7) is 1.70. The van der Waals surface area contributed by atoms with E-state index in [0.717, 1.165) is 37.2 Å². The van der Waals surface area contributed by atoms with Gasteiger partial charge in [-0.1, -0.05) is 24.3 Å². The van der Waals surface area contributed by atoms with Crippen LogP contribution in [0.2, 0.25) is 0 Å². The third-order valence-corrected chi connectivity index (χ3v) is 6.12. The van der Waals surface area contributed by atoms with Gasteiger partial charge in [0.1, 0.15) is 5.75 Å². The highest BCUT2D eigenvalue weighted by molar-refractivity contribution is 7.89. The molecule has 6 nitrogen and oxygen atoms in total. The van der Waals surface area contributed by atoms with E-state index in [4.69, 9.17) is 4.74 Å². The molecule has 0 bridgehead atoms. The number of hydrogen-bond acceptors (Lipinski definition) is 4. The molecule has 2 aromatic rings. The van der Waals surface area contributed by atoms with Gasteiger partial charge >= 0.3 is 0 Å². The summed E-state index contributed by atoms with van der Waals surface area (Å²) in [5.41, 5.74) is 1.34. The molecule has 1 aliphatic heterocycles. The Kier molecular flexibility index (Phi) is 6.13. The van der Waals surface area contributed by atoms with Gasteiger partial charge < -0.3 is 9.64 Å². The second kappa shape index (κ2) is 8.54. The summed E-state index contributed by atoms with van der Waals surface area (Å²) in [4.78, 5) is 14.4. The summed E-state index contributed by atoms with van der Waals surface area (Å²) >= 11 is 0. The number of para-hydroxylation sites is 1. The third kappa shape index (κ3) is 4.67. The molecule has 0 saturated carbocycles. The number of hydrogen-bond donors (Lipinski definition) is 1. The van der Waals surface area contributed by atoms with Crippen LogP contribution >= 0.6 is 0 Å². The molecule has 0 spiro atoms. The Morgan fingerprint density at radius 2 is 1.85 bits per heavy atom. The number of rotatable bonds is 7. The van der Waals surface area contributed by atoms with Crippen LogP contribution in [0.3, 0.4) is 0 Å². The van der Waals surface area contributed by atoms with E-state index in [1.54, 1.807) is 24.1 Å². The van der Waals surface area contributed by atoms with Gasteiger partial charge in [-0.05, 0) is 49.1 Å². The number of carbonyl (C=O) groups excluding carboxylic acids is 1. The Morgan fingerprint density at radius 3 is 2.59 bits per heavy atom. The molecule has 144 valence electrons. The van der Waals surface area contributed by atoms with Crippen molar-refractivity contribution in [1.29, 1.82) is 0 Å². The predicted molar refractivity (Wildman–Crippen MR) is 103 cm³/mol. The van der Waals surface area contributed by atoms with E-state index in [-0.39, 0.29) is 17.3 Å². The molecule has 1 heterocycles. The minimum atomic E-state index is -3.69. The van der Waals surface area contributed by atoms with Gasteiger partial charge in [0.2, 0.25) is 10.0 Å². The largest absolute Gasteiger partial charge is 0.496 e. The Bertz CT molecular complexity index is 906. The highest BCUT2D eigenvalue weighted by Crippen LogP contribution is 2.19. The van der Waals surface area contributed by atoms with Gasteiger partial charge in [-0.3, -0.25) is 4.79 Å². The number of ether oxygens (including phenoxy) is 1. The Balaban J connectivity index is 1.67. The molecule has 27 heavy (non-hydrogen) atoms. The van der Waals surface area contributed by atoms with Crippen molar-refractivity contribution >= 4 is 15.9 Å². The number of sulfonamides is 1. The topological polar surface area (TPSA) is 75.7 Å². The molecule has 1 aliphatic rings. The fraction of sp³-hybridized carbons (Fsp3) is 0.350. The van der Waals surface area contributed by atoms with Gasteiger partial charge in [-0.2, -0.15) is 0 Å². The molecule has 1 amide bonds. The summed E-state index contributed by atoms with van der Waals surface area (Å²) in [5.74, 6) is 0.619. The lowest BCUT2D eigenvalue weighted by molar-refractivity contribution is 0.0792. The second-order valence-corrected chi connectivity index (χ2v) is 8.25. The molecular formula is C20H24N2O4S. The first-order chi connectivity index (χ1) is 13.0. The summed E-state index contributed by atoms with van der Waals surface area (Å²) in [6, 6.07) is 13.7. The zero-order valence-electron chi connectivity index (χ0n) is 15.3. The summed E-state index contributed by atoms with van der Waals surface area (Å²) in [5, 5.41) is 0. The number of benzene rings is 2. The number of nitrogens with one attached hydrogen (secondary N) is 1. The van der Waals surface area contributed by atoms with E-state index >= 15 is 0 Å². The minimum absolute atomic E-state index is 0.104. The van der Waals surface area contributed by atoms with Crippen molar-refractivity contribution in [2.24, 2.45) is 0 Å². The molecule has 0 aromatic heterocycles. The van der Waals surface area contributed by atoms with Crippen LogP contribution in [0.25, 0.3) is 0 Å². The van der Waals surface area contributed by atoms with Crippen LogP contribution in [0, 0.1) is 0 Å². The third-order valence-electron chi connectivity index (χ3n) is 4.66. The highest BCUT2D eigenvalue weighted by atomic mass is 32.2. The van der Waals surface area contributed by atoms with Crippen molar-refractivity contribution in [2.75, 3.05) is 26.7 Å². The lowest BCUT2D eigenvalue weighted by Gasteiger charge is -2.16. The van der Waals surface area contributed by atoms with E-state index in [2.05, 4.69) is 4.72 Å². The van der Waals surface area contributed by atoms with Crippen LogP contribution < -0.4 is 9.46 Å². The Hall–Kier alpha value is -2.38. The quantitative estimate of drug-likeness (QED) is 0.791. The molecule has 7 heteroatoms. The van der Waals surface area contributed by atoms with Crippen LogP contribution in [0.5, 0.6) is 5.75 Å². The first kappa shape index (κ1) is 19.4. The second-order valence-electron chi connectivity index (χ2n) is 6.49. The molecule has 1 N–H and O–H groups in total. The molecule has 3 rings (SSSR count). The predicted octanol–water partition coefficient (Wildman–Crippen LogP) is 2.45. The van der Waals surface area contributed by atoms with Gasteiger partial charge in [0.15, 0.2) is 0 Å². The maximum atomic E-state index is 12.6. The van der Waals surface area contributed by atoms with E-state index < -0.39 is 10.0 Å². The fourth-order valence-corrected chi connectivity index (χ4v) is 4.29. The SMILES string of the molecule is COc1ccccc1CCNS(=O)(=O)c1cccc(C(=O)N2CCCC2)c1. The van der Waals surface area contributed by atoms with E-state index in [1.165, 1.54) is 12.1 Å². The molecule has 0 aliphatic carbocycles. The van der Waals surface area contributed by atoms with E-state index in [0.29, 0.717) is 12.0 Å². The highest BCUT2D eigenvalue weighted by Gasteiger charge is 2.21. The maximum absolute atomic E-state index is 12.6. The van der Waals surface area contributed by atoms with Crippen LogP contribution in [0.1, 0.15) is 28.8 Å². The average Bonchev–Trinajstić information content (AvgIpc) is 3.22. The normalized spacial score (nSPS) is 14.3. The van der Waals surface area contributed by atoms with Crippen LogP contribution in [0.4, 0.5) is 0 Å². The standard InChI is InChI=1S/C20H24N2O4S/c1-26-19-10-3-2-7-16(19)11-12-21-27(24,25)18-9-6-8-17(15-18)20(23)22-13-4-5-14-22/h2-3,6-10,15,21H,4-5,11-14H2,1H3. The molecule has 0 atom stereocenters. The van der Waals surface area contributed by atoms with Gasteiger partial charge in [-0.25, -0.2) is 13.1 Å². The van der Waals surface area contributed by atoms with E-state index in [9.17, 15) is 13.2 Å². The zero-order chi connectivity index (χ0) is 19.3. The first-order valence-corrected chi connectivity index (χ1v) is 10.5. The monoisotopic (exact) mass is 388 g/mol. The van der Waals surface area contributed by atoms with Gasteiger partial charge in [0.05, 0.1) is 12.0 Å². The summed E-state index contributed by atoms with van der Waals surface area (Å²) < 4.78 is 33.1. The van der Waals surface area contributed by atoms with Crippen LogP contribution in [-0.2, 0) is 16.4 Å². The fourth-order valence-electron chi connectivity index (χ4n) is 3.21. The van der Waals surface area contributed by atoms with Crippen LogP contribution in [-0.4, -0.2) is 46.0 Å². The molecule has 0 unspecified atom stereocenters. The van der Waals surface area contributed by atoms with Crippen molar-refractivity contribution in [1.82, 2.24) is 9.62 Å². The molecule has 1 saturated heterocycles. The minimum Gasteiger partial charge on any atom is -0.496 e. The Labute approximate surface area is 160 Å². The molecule has 2 aromatic carbocycles. The number of likely N-dealkylation sites (tertiary alicyclic amines) is 1. The Morgan fingerprint density at radius 1 is 1.11 bits per heavy atom. The molecular weight excluding hydrogens is 364 g/mol. The number of nitrogens with zero attached hydrogens (tertiary/aromatic N) is 1. The van der Waals surface area contributed by atoms with Crippen molar-refractivity contribution in [3.05, 3.63) is 59.7 Å². The average molecular weight is 388 g/mol. The van der Waals surface area contributed by atoms with Gasteiger partial charge in [0.25, 0.3) is 5.91 Å². The molecule has 0 radical (unpaired) electrons. The van der Waals surface area contributed by atoms with Crippen molar-refractivity contribution in [3.63, 3.8) is 0 Å². The van der Waals surface area contributed by atoms with Crippen LogP contribution in [0.15, 0.2) is 53.4 Å². The van der Waals surface area contributed by atoms with Gasteiger partial charge in [-0.15, -0.1) is 0 Å². The maximum Gasteiger partial charge on any atom is 0.253 e. The summed E-state index contributed by atoms with van der Waals surface area (Å²) in [7, 11) is -2.10. The van der Waals surface area contributed by atoms with Gasteiger partial charge in [0, 0.05) is 25.2 Å². The first-order valence-electron chi connectivity index (χ1n) is 9.02. The lowest BCUT2D eigenvalue weighted by Crippen LogP contribution is -2.29.